The van der Waals surface area contributed by atoms with E-state index in [1.807, 2.05) is 0 Å². The number of alkyl halides is 6. The summed E-state index contributed by atoms with van der Waals surface area (Å²) in [6.45, 7) is 0. The third-order valence-corrected chi connectivity index (χ3v) is 2.86. The zero-order valence-corrected chi connectivity index (χ0v) is 10.2. The van der Waals surface area contributed by atoms with Gasteiger partial charge in [-0.05, 0) is 12.8 Å². The van der Waals surface area contributed by atoms with Gasteiger partial charge in [-0.2, -0.15) is 22.0 Å². The van der Waals surface area contributed by atoms with Crippen LogP contribution in [0.2, 0.25) is 0 Å². The first-order chi connectivity index (χ1) is 7.06. The molecule has 0 bridgehead atoms. The monoisotopic (exact) mass is 360 g/mol. The molecule has 0 radical (unpaired) electrons. The average molecular weight is 360 g/mol. The van der Waals surface area contributed by atoms with Crippen LogP contribution in [0.1, 0.15) is 25.7 Å². The minimum Gasteiger partial charge on any atom is -0.481 e. The highest BCUT2D eigenvalue weighted by Gasteiger charge is 2.57. The molecule has 0 heterocycles. The third kappa shape index (κ3) is 5.80. The van der Waals surface area contributed by atoms with Gasteiger partial charge in [0.15, 0.2) is 0 Å². The highest BCUT2D eigenvalue weighted by atomic mass is 127. The number of hydrogen-bond donors (Lipinski definition) is 1. The quantitative estimate of drug-likeness (QED) is 0.446. The first kappa shape index (κ1) is 15.9. The summed E-state index contributed by atoms with van der Waals surface area (Å²) in [4.78, 5) is 10.1. The van der Waals surface area contributed by atoms with Crippen LogP contribution in [-0.4, -0.2) is 27.1 Å². The van der Waals surface area contributed by atoms with Crippen LogP contribution >= 0.6 is 22.6 Å². The van der Waals surface area contributed by atoms with Gasteiger partial charge in [0.05, 0.1) is 0 Å². The van der Waals surface area contributed by atoms with Crippen LogP contribution in [0.5, 0.6) is 0 Å². The van der Waals surface area contributed by atoms with Crippen molar-refractivity contribution in [2.45, 2.75) is 41.7 Å². The standard InChI is InChI=1S/C8H10F5IO2/c9-7(10,8(11,12)13)4-5(14)2-1-3-6(15)16/h5H,1-4H2,(H,15,16). The van der Waals surface area contributed by atoms with Crippen LogP contribution in [0, 0.1) is 0 Å². The Balaban J connectivity index is 4.04. The summed E-state index contributed by atoms with van der Waals surface area (Å²) in [6.07, 6.45) is -6.95. The normalized spacial score (nSPS) is 14.9. The maximum absolute atomic E-state index is 12.5. The van der Waals surface area contributed by atoms with Gasteiger partial charge in [0.1, 0.15) is 0 Å². The molecule has 16 heavy (non-hydrogen) atoms. The Morgan fingerprint density at radius 3 is 2.12 bits per heavy atom. The van der Waals surface area contributed by atoms with Gasteiger partial charge in [-0.15, -0.1) is 0 Å². The number of aliphatic carboxylic acids is 1. The molecule has 0 aromatic heterocycles. The Bertz CT molecular complexity index is 241. The number of halogens is 6. The summed E-state index contributed by atoms with van der Waals surface area (Å²) < 4.78 is 59.5. The summed E-state index contributed by atoms with van der Waals surface area (Å²) in [5.41, 5.74) is 0. The fourth-order valence-electron chi connectivity index (χ4n) is 0.971. The third-order valence-electron chi connectivity index (χ3n) is 1.80. The van der Waals surface area contributed by atoms with Crippen molar-refractivity contribution in [2.75, 3.05) is 0 Å². The smallest absolute Gasteiger partial charge is 0.453 e. The van der Waals surface area contributed by atoms with E-state index < -0.39 is 28.4 Å². The Morgan fingerprint density at radius 1 is 1.25 bits per heavy atom. The molecule has 0 fully saturated rings. The van der Waals surface area contributed by atoms with Crippen LogP contribution in [-0.2, 0) is 4.79 Å². The molecule has 8 heteroatoms. The number of rotatable bonds is 6. The van der Waals surface area contributed by atoms with E-state index >= 15 is 0 Å². The Labute approximate surface area is 102 Å². The van der Waals surface area contributed by atoms with Crippen molar-refractivity contribution in [1.82, 2.24) is 0 Å². The van der Waals surface area contributed by atoms with Gasteiger partial charge in [-0.3, -0.25) is 4.79 Å². The largest absolute Gasteiger partial charge is 0.481 e. The molecule has 2 nitrogen and oxygen atoms in total. The number of carbonyl (C=O) groups is 1. The van der Waals surface area contributed by atoms with Crippen molar-refractivity contribution in [3.8, 4) is 0 Å². The van der Waals surface area contributed by atoms with Crippen molar-refractivity contribution < 1.29 is 31.9 Å². The lowest BCUT2D eigenvalue weighted by Crippen LogP contribution is -2.38. The van der Waals surface area contributed by atoms with Crippen LogP contribution in [0.3, 0.4) is 0 Å². The molecular formula is C8H10F5IO2. The van der Waals surface area contributed by atoms with Gasteiger partial charge < -0.3 is 5.11 Å². The van der Waals surface area contributed by atoms with Crippen molar-refractivity contribution in [3.05, 3.63) is 0 Å². The first-order valence-electron chi connectivity index (χ1n) is 4.36. The predicted octanol–water partition coefficient (Wildman–Crippen LogP) is 3.63. The zero-order valence-electron chi connectivity index (χ0n) is 8.03. The number of carboxylic acid groups (broad SMARTS) is 1. The van der Waals surface area contributed by atoms with Crippen molar-refractivity contribution in [2.24, 2.45) is 0 Å². The predicted molar refractivity (Wildman–Crippen MR) is 54.9 cm³/mol. The van der Waals surface area contributed by atoms with Gasteiger partial charge in [-0.25, -0.2) is 0 Å². The van der Waals surface area contributed by atoms with Gasteiger partial charge in [-0.1, -0.05) is 22.6 Å². The van der Waals surface area contributed by atoms with E-state index in [1.54, 1.807) is 0 Å². The molecule has 0 saturated carbocycles. The molecule has 0 aliphatic carbocycles. The van der Waals surface area contributed by atoms with Crippen LogP contribution in [0.4, 0.5) is 22.0 Å². The zero-order chi connectivity index (χ0) is 13.0. The second-order valence-electron chi connectivity index (χ2n) is 3.29. The molecule has 0 rings (SSSR count). The van der Waals surface area contributed by atoms with Crippen LogP contribution < -0.4 is 0 Å². The SMILES string of the molecule is O=C(O)CCCC(I)CC(F)(F)C(F)(F)F. The van der Waals surface area contributed by atoms with Gasteiger partial charge >= 0.3 is 18.1 Å². The van der Waals surface area contributed by atoms with Gasteiger partial charge in [0.25, 0.3) is 0 Å². The van der Waals surface area contributed by atoms with E-state index in [9.17, 15) is 26.7 Å². The van der Waals surface area contributed by atoms with E-state index in [4.69, 9.17) is 5.11 Å². The Morgan fingerprint density at radius 2 is 1.75 bits per heavy atom. The summed E-state index contributed by atoms with van der Waals surface area (Å²) in [5, 5.41) is 8.26. The molecule has 1 atom stereocenters. The average Bonchev–Trinajstić information content (AvgIpc) is 1.99. The van der Waals surface area contributed by atoms with Gasteiger partial charge in [0, 0.05) is 16.8 Å². The van der Waals surface area contributed by atoms with E-state index in [1.165, 1.54) is 22.6 Å². The maximum Gasteiger partial charge on any atom is 0.453 e. The fourth-order valence-corrected chi connectivity index (χ4v) is 1.96. The minimum atomic E-state index is -5.54. The summed E-state index contributed by atoms with van der Waals surface area (Å²) >= 11 is 1.48. The number of hydrogen-bond acceptors (Lipinski definition) is 1. The maximum atomic E-state index is 12.5. The molecule has 1 N–H and O–H groups in total. The van der Waals surface area contributed by atoms with Crippen LogP contribution in [0.15, 0.2) is 0 Å². The molecule has 0 amide bonds. The van der Waals surface area contributed by atoms with Gasteiger partial charge in [0.2, 0.25) is 0 Å². The van der Waals surface area contributed by atoms with E-state index in [-0.39, 0.29) is 19.3 Å². The molecular weight excluding hydrogens is 350 g/mol. The molecule has 0 aromatic carbocycles. The summed E-state index contributed by atoms with van der Waals surface area (Å²) in [5.74, 6) is -5.80. The topological polar surface area (TPSA) is 37.3 Å². The van der Waals surface area contributed by atoms with Crippen LogP contribution in [0.25, 0.3) is 0 Å². The summed E-state index contributed by atoms with van der Waals surface area (Å²) in [7, 11) is 0. The molecule has 0 aromatic rings. The number of carboxylic acids is 1. The second kappa shape index (κ2) is 5.97. The Hall–Kier alpha value is -0.150. The minimum absolute atomic E-state index is 0.0263. The summed E-state index contributed by atoms with van der Waals surface area (Å²) in [6, 6.07) is 0. The molecule has 0 aliphatic heterocycles. The highest BCUT2D eigenvalue weighted by molar-refractivity contribution is 14.1. The fraction of sp³-hybridized carbons (Fsp3) is 0.875. The van der Waals surface area contributed by atoms with Crippen molar-refractivity contribution >= 4 is 28.6 Å². The first-order valence-corrected chi connectivity index (χ1v) is 5.61. The van der Waals surface area contributed by atoms with Crippen molar-refractivity contribution in [1.29, 1.82) is 0 Å². The molecule has 96 valence electrons. The highest BCUT2D eigenvalue weighted by Crippen LogP contribution is 2.40. The molecule has 0 saturated heterocycles. The lowest BCUT2D eigenvalue weighted by molar-refractivity contribution is -0.283. The molecule has 1 unspecified atom stereocenters. The molecule has 0 spiro atoms. The van der Waals surface area contributed by atoms with E-state index in [2.05, 4.69) is 0 Å². The lowest BCUT2D eigenvalue weighted by Gasteiger charge is -2.21. The Kier molecular flexibility index (Phi) is 5.91. The second-order valence-corrected chi connectivity index (χ2v) is 5.05. The molecule has 0 aliphatic rings. The van der Waals surface area contributed by atoms with E-state index in [0.717, 1.165) is 0 Å². The van der Waals surface area contributed by atoms with Crippen molar-refractivity contribution in [3.63, 3.8) is 0 Å². The van der Waals surface area contributed by atoms with E-state index in [0.29, 0.717) is 0 Å². The lowest BCUT2D eigenvalue weighted by atomic mass is 10.1.